The van der Waals surface area contributed by atoms with Gasteiger partial charge in [0.2, 0.25) is 0 Å². The van der Waals surface area contributed by atoms with Crippen LogP contribution in [-0.2, 0) is 0 Å². The number of halogens is 5. The van der Waals surface area contributed by atoms with Gasteiger partial charge in [-0.15, -0.1) is 0 Å². The minimum Gasteiger partial charge on any atom is -0.382 e. The molecule has 1 saturated heterocycles. The molecule has 28 heavy (non-hydrogen) atoms. The fraction of sp³-hybridized carbons (Fsp3) is 0.333. The van der Waals surface area contributed by atoms with Crippen molar-refractivity contribution in [3.63, 3.8) is 0 Å². The second kappa shape index (κ2) is 7.09. The Balaban J connectivity index is 1.89. The average molecular weight is 431 g/mol. The lowest BCUT2D eigenvalue weighted by Gasteiger charge is -2.31. The molecule has 0 amide bonds. The number of aliphatic hydroxyl groups excluding tert-OH is 1. The molecule has 1 N–H and O–H groups in total. The first-order chi connectivity index (χ1) is 13.3. The van der Waals surface area contributed by atoms with Crippen molar-refractivity contribution in [2.24, 2.45) is 0 Å². The summed E-state index contributed by atoms with van der Waals surface area (Å²) in [4.78, 5) is 10.0. The predicted molar refractivity (Wildman–Crippen MR) is 101 cm³/mol. The summed E-state index contributed by atoms with van der Waals surface area (Å²) in [5.74, 6) is 0.297. The number of hydrogen-bond donors (Lipinski definition) is 1. The van der Waals surface area contributed by atoms with Gasteiger partial charge in [-0.25, -0.2) is 9.97 Å². The summed E-state index contributed by atoms with van der Waals surface area (Å²) in [5.41, 5.74) is 1.03. The first-order valence-corrected chi connectivity index (χ1v) is 9.31. The highest BCUT2D eigenvalue weighted by molar-refractivity contribution is 6.45. The van der Waals surface area contributed by atoms with E-state index in [1.807, 2.05) is 0 Å². The Morgan fingerprint density at radius 2 is 2.04 bits per heavy atom. The van der Waals surface area contributed by atoms with Gasteiger partial charge in [0.05, 0.1) is 33.6 Å². The normalized spacial score (nSPS) is 18.8. The summed E-state index contributed by atoms with van der Waals surface area (Å²) in [6.45, 7) is 0.345. The molecule has 0 unspecified atom stereocenters. The van der Waals surface area contributed by atoms with Crippen LogP contribution < -0.4 is 4.90 Å². The van der Waals surface area contributed by atoms with Crippen LogP contribution in [0.2, 0.25) is 10.0 Å². The van der Waals surface area contributed by atoms with Crippen molar-refractivity contribution in [2.45, 2.75) is 31.2 Å². The van der Waals surface area contributed by atoms with Crippen LogP contribution >= 0.6 is 23.2 Å². The van der Waals surface area contributed by atoms with E-state index in [0.717, 1.165) is 0 Å². The third kappa shape index (κ3) is 3.29. The molecule has 0 aliphatic carbocycles. The Morgan fingerprint density at radius 1 is 1.25 bits per heavy atom. The van der Waals surface area contributed by atoms with Crippen LogP contribution in [0, 0.1) is 0 Å². The zero-order valence-electron chi connectivity index (χ0n) is 14.4. The molecule has 10 heteroatoms. The Kier molecular flexibility index (Phi) is 4.89. The van der Waals surface area contributed by atoms with Crippen LogP contribution in [0.25, 0.3) is 16.6 Å². The lowest BCUT2D eigenvalue weighted by Crippen LogP contribution is -2.47. The minimum atomic E-state index is -4.71. The van der Waals surface area contributed by atoms with E-state index >= 15 is 0 Å². The largest absolute Gasteiger partial charge is 0.416 e. The Morgan fingerprint density at radius 3 is 2.71 bits per heavy atom. The SMILES string of the molecule is O[C@H]([C@@H]1CCCN1c1cc(-n2ccnc2)c2ccc(Cl)c(Cl)c2n1)C(F)(F)F. The van der Waals surface area contributed by atoms with E-state index in [9.17, 15) is 18.3 Å². The number of aromatic nitrogens is 3. The van der Waals surface area contributed by atoms with Crippen LogP contribution in [0.5, 0.6) is 0 Å². The topological polar surface area (TPSA) is 54.2 Å². The fourth-order valence-electron chi connectivity index (χ4n) is 3.59. The molecule has 0 radical (unpaired) electrons. The van der Waals surface area contributed by atoms with E-state index in [-0.39, 0.29) is 11.4 Å². The van der Waals surface area contributed by atoms with Crippen molar-refractivity contribution in [1.29, 1.82) is 0 Å². The molecule has 1 aromatic carbocycles. The molecular formula is C18H15Cl2F3N4O. The predicted octanol–water partition coefficient (Wildman–Crippen LogP) is 4.62. The standard InChI is InChI=1S/C18H15Cl2F3N4O/c19-11-4-3-10-13(26-7-5-24-9-26)8-14(25-16(10)15(11)20)27-6-1-2-12(27)17(28)18(21,22)23/h3-5,7-9,12,17,28H,1-2,6H2/t12-,17+/m0/s1. The van der Waals surface area contributed by atoms with Gasteiger partial charge >= 0.3 is 6.18 Å². The fourth-order valence-corrected chi connectivity index (χ4v) is 3.95. The van der Waals surface area contributed by atoms with Gasteiger partial charge in [0.25, 0.3) is 0 Å². The number of imidazole rings is 1. The lowest BCUT2D eigenvalue weighted by molar-refractivity contribution is -0.209. The molecule has 1 fully saturated rings. The van der Waals surface area contributed by atoms with E-state index in [0.29, 0.717) is 40.4 Å². The van der Waals surface area contributed by atoms with Crippen molar-refractivity contribution in [3.05, 3.63) is 47.0 Å². The van der Waals surface area contributed by atoms with E-state index in [1.54, 1.807) is 41.5 Å². The molecule has 2 atom stereocenters. The average Bonchev–Trinajstić information content (AvgIpc) is 3.34. The summed E-state index contributed by atoms with van der Waals surface area (Å²) < 4.78 is 41.1. The summed E-state index contributed by atoms with van der Waals surface area (Å²) in [6, 6.07) is 3.95. The van der Waals surface area contributed by atoms with Crippen molar-refractivity contribution >= 4 is 39.9 Å². The van der Waals surface area contributed by atoms with Crippen molar-refractivity contribution in [3.8, 4) is 5.69 Å². The van der Waals surface area contributed by atoms with Gasteiger partial charge in [0, 0.05) is 30.4 Å². The van der Waals surface area contributed by atoms with E-state index in [2.05, 4.69) is 9.97 Å². The molecule has 3 aromatic rings. The van der Waals surface area contributed by atoms with Crippen LogP contribution in [0.1, 0.15) is 12.8 Å². The maximum atomic E-state index is 13.1. The van der Waals surface area contributed by atoms with Gasteiger partial charge in [0.15, 0.2) is 6.10 Å². The molecular weight excluding hydrogens is 416 g/mol. The summed E-state index contributed by atoms with van der Waals surface area (Å²) in [7, 11) is 0. The summed E-state index contributed by atoms with van der Waals surface area (Å²) in [5, 5.41) is 11.0. The highest BCUT2D eigenvalue weighted by Crippen LogP contribution is 2.38. The Hall–Kier alpha value is -2.03. The van der Waals surface area contributed by atoms with Gasteiger partial charge in [-0.1, -0.05) is 23.2 Å². The Labute approximate surface area is 168 Å². The van der Waals surface area contributed by atoms with E-state index < -0.39 is 18.3 Å². The third-order valence-corrected chi connectivity index (χ3v) is 5.71. The number of alkyl halides is 3. The van der Waals surface area contributed by atoms with Crippen LogP contribution in [0.15, 0.2) is 36.9 Å². The summed E-state index contributed by atoms with van der Waals surface area (Å²) >= 11 is 12.5. The smallest absolute Gasteiger partial charge is 0.382 e. The lowest BCUT2D eigenvalue weighted by atomic mass is 10.1. The van der Waals surface area contributed by atoms with Crippen LogP contribution in [0.3, 0.4) is 0 Å². The van der Waals surface area contributed by atoms with Gasteiger partial charge in [0.1, 0.15) is 5.82 Å². The van der Waals surface area contributed by atoms with Crippen molar-refractivity contribution in [1.82, 2.24) is 14.5 Å². The molecule has 5 nitrogen and oxygen atoms in total. The number of pyridine rings is 1. The highest BCUT2D eigenvalue weighted by Gasteiger charge is 2.47. The molecule has 148 valence electrons. The van der Waals surface area contributed by atoms with Gasteiger partial charge in [-0.3, -0.25) is 0 Å². The maximum absolute atomic E-state index is 13.1. The maximum Gasteiger partial charge on any atom is 0.416 e. The van der Waals surface area contributed by atoms with Crippen LogP contribution in [0.4, 0.5) is 19.0 Å². The molecule has 0 saturated carbocycles. The first kappa shape index (κ1) is 19.3. The number of nitrogens with zero attached hydrogens (tertiary/aromatic N) is 4. The zero-order chi connectivity index (χ0) is 20.1. The second-order valence-corrected chi connectivity index (χ2v) is 7.40. The van der Waals surface area contributed by atoms with E-state index in [1.165, 1.54) is 4.90 Å². The number of benzene rings is 1. The van der Waals surface area contributed by atoms with Crippen LogP contribution in [-0.4, -0.2) is 44.5 Å². The Bertz CT molecular complexity index is 1010. The molecule has 0 spiro atoms. The monoisotopic (exact) mass is 430 g/mol. The number of anilines is 1. The quantitative estimate of drug-likeness (QED) is 0.658. The highest BCUT2D eigenvalue weighted by atomic mass is 35.5. The molecule has 2 aromatic heterocycles. The number of fused-ring (bicyclic) bond motifs is 1. The van der Waals surface area contributed by atoms with Crippen molar-refractivity contribution in [2.75, 3.05) is 11.4 Å². The number of aliphatic hydroxyl groups is 1. The number of hydrogen-bond acceptors (Lipinski definition) is 4. The van der Waals surface area contributed by atoms with E-state index in [4.69, 9.17) is 23.2 Å². The van der Waals surface area contributed by atoms with Crippen molar-refractivity contribution < 1.29 is 18.3 Å². The molecule has 4 rings (SSSR count). The molecule has 1 aliphatic rings. The third-order valence-electron chi connectivity index (χ3n) is 4.91. The van der Waals surface area contributed by atoms with Gasteiger partial charge in [-0.05, 0) is 25.0 Å². The minimum absolute atomic E-state index is 0.212. The summed E-state index contributed by atoms with van der Waals surface area (Å²) in [6.07, 6.45) is -1.56. The molecule has 1 aliphatic heterocycles. The first-order valence-electron chi connectivity index (χ1n) is 8.56. The molecule has 0 bridgehead atoms. The second-order valence-electron chi connectivity index (χ2n) is 6.62. The number of rotatable bonds is 3. The molecule has 3 heterocycles. The van der Waals surface area contributed by atoms with Gasteiger partial charge in [-0.2, -0.15) is 13.2 Å². The van der Waals surface area contributed by atoms with Gasteiger partial charge < -0.3 is 14.6 Å². The zero-order valence-corrected chi connectivity index (χ0v) is 15.9.